The van der Waals surface area contributed by atoms with Crippen LogP contribution in [-0.4, -0.2) is 61.4 Å². The summed E-state index contributed by atoms with van der Waals surface area (Å²) in [4.78, 5) is 30.8. The Morgan fingerprint density at radius 2 is 1.62 bits per heavy atom. The molecule has 1 fully saturated rings. The lowest BCUT2D eigenvalue weighted by atomic mass is 10.1. The molecule has 2 amide bonds. The molecular formula is C23H29N3O3. The van der Waals surface area contributed by atoms with Gasteiger partial charge in [-0.3, -0.25) is 9.59 Å². The van der Waals surface area contributed by atoms with E-state index in [1.54, 1.807) is 12.0 Å². The fraction of sp³-hybridized carbons (Fsp3) is 0.391. The number of amides is 2. The van der Waals surface area contributed by atoms with E-state index in [4.69, 9.17) is 4.74 Å². The van der Waals surface area contributed by atoms with Crippen molar-refractivity contribution in [1.82, 2.24) is 9.80 Å². The molecule has 154 valence electrons. The third kappa shape index (κ3) is 5.08. The van der Waals surface area contributed by atoms with Crippen molar-refractivity contribution in [2.75, 3.05) is 44.7 Å². The topological polar surface area (TPSA) is 53.1 Å². The van der Waals surface area contributed by atoms with Crippen LogP contribution in [0.3, 0.4) is 0 Å². The lowest BCUT2D eigenvalue weighted by Crippen LogP contribution is -2.52. The maximum atomic E-state index is 12.9. The van der Waals surface area contributed by atoms with Crippen LogP contribution in [0.4, 0.5) is 5.69 Å². The van der Waals surface area contributed by atoms with Crippen LogP contribution in [0.2, 0.25) is 0 Å². The van der Waals surface area contributed by atoms with Crippen LogP contribution < -0.4 is 9.64 Å². The van der Waals surface area contributed by atoms with E-state index in [0.717, 1.165) is 30.1 Å². The molecule has 2 aromatic carbocycles. The van der Waals surface area contributed by atoms with Gasteiger partial charge in [0.15, 0.2) is 0 Å². The minimum absolute atomic E-state index is 0.00244. The Balaban J connectivity index is 1.58. The van der Waals surface area contributed by atoms with Crippen LogP contribution in [0.15, 0.2) is 54.6 Å². The minimum atomic E-state index is -0.141. The van der Waals surface area contributed by atoms with Gasteiger partial charge in [-0.15, -0.1) is 0 Å². The van der Waals surface area contributed by atoms with Gasteiger partial charge >= 0.3 is 0 Å². The van der Waals surface area contributed by atoms with Crippen LogP contribution in [-0.2, 0) is 9.59 Å². The molecule has 0 aromatic heterocycles. The van der Waals surface area contributed by atoms with E-state index < -0.39 is 0 Å². The van der Waals surface area contributed by atoms with Crippen molar-refractivity contribution in [2.45, 2.75) is 19.9 Å². The highest BCUT2D eigenvalue weighted by Crippen LogP contribution is 2.22. The van der Waals surface area contributed by atoms with Crippen molar-refractivity contribution >= 4 is 17.5 Å². The number of hydrogen-bond donors (Lipinski definition) is 0. The third-order valence-electron chi connectivity index (χ3n) is 5.53. The highest BCUT2D eigenvalue weighted by Gasteiger charge is 2.26. The van der Waals surface area contributed by atoms with Gasteiger partial charge in [-0.05, 0) is 36.8 Å². The lowest BCUT2D eigenvalue weighted by Gasteiger charge is -2.37. The van der Waals surface area contributed by atoms with Crippen molar-refractivity contribution < 1.29 is 14.3 Å². The van der Waals surface area contributed by atoms with Crippen LogP contribution in [0, 0.1) is 0 Å². The SMILES string of the molecule is COc1ccc(N2CCN(C(=O)CN(C(C)=O)C(C)c3ccccc3)CC2)cc1. The standard InChI is InChI=1S/C23H29N3O3/c1-18(20-7-5-4-6-8-20)26(19(2)27)17-23(28)25-15-13-24(14-16-25)21-9-11-22(29-3)12-10-21/h4-12,18H,13-17H2,1-3H3. The molecule has 1 aliphatic rings. The van der Waals surface area contributed by atoms with Gasteiger partial charge in [0.25, 0.3) is 0 Å². The number of methoxy groups -OCH3 is 1. The summed E-state index contributed by atoms with van der Waals surface area (Å²) in [7, 11) is 1.66. The fourth-order valence-corrected chi connectivity index (χ4v) is 3.69. The first-order valence-electron chi connectivity index (χ1n) is 9.98. The predicted octanol–water partition coefficient (Wildman–Crippen LogP) is 2.95. The zero-order chi connectivity index (χ0) is 20.8. The number of anilines is 1. The molecule has 0 saturated carbocycles. The highest BCUT2D eigenvalue weighted by atomic mass is 16.5. The maximum absolute atomic E-state index is 12.9. The fourth-order valence-electron chi connectivity index (χ4n) is 3.69. The third-order valence-corrected chi connectivity index (χ3v) is 5.53. The van der Waals surface area contributed by atoms with Crippen LogP contribution in [0.5, 0.6) is 5.75 Å². The van der Waals surface area contributed by atoms with Gasteiger partial charge < -0.3 is 19.4 Å². The first-order chi connectivity index (χ1) is 14.0. The molecule has 0 aliphatic carbocycles. The van der Waals surface area contributed by atoms with Gasteiger partial charge in [0, 0.05) is 38.8 Å². The van der Waals surface area contributed by atoms with Crippen molar-refractivity contribution in [3.8, 4) is 5.75 Å². The molecule has 6 nitrogen and oxygen atoms in total. The average Bonchev–Trinajstić information content (AvgIpc) is 2.77. The van der Waals surface area contributed by atoms with Gasteiger partial charge in [0.2, 0.25) is 11.8 Å². The number of ether oxygens (including phenoxy) is 1. The molecule has 2 aromatic rings. The number of carbonyl (C=O) groups is 2. The number of hydrogen-bond acceptors (Lipinski definition) is 4. The van der Waals surface area contributed by atoms with Crippen LogP contribution >= 0.6 is 0 Å². The molecule has 0 radical (unpaired) electrons. The number of nitrogens with zero attached hydrogens (tertiary/aromatic N) is 3. The van der Waals surface area contributed by atoms with E-state index in [-0.39, 0.29) is 24.4 Å². The smallest absolute Gasteiger partial charge is 0.242 e. The van der Waals surface area contributed by atoms with E-state index in [0.29, 0.717) is 13.1 Å². The minimum Gasteiger partial charge on any atom is -0.497 e. The van der Waals surface area contributed by atoms with Crippen LogP contribution in [0.25, 0.3) is 0 Å². The molecule has 29 heavy (non-hydrogen) atoms. The normalized spacial score (nSPS) is 15.0. The average molecular weight is 396 g/mol. The molecule has 6 heteroatoms. The predicted molar refractivity (Wildman–Crippen MR) is 114 cm³/mol. The molecule has 1 saturated heterocycles. The Kier molecular flexibility index (Phi) is 6.75. The zero-order valence-electron chi connectivity index (χ0n) is 17.4. The Bertz CT molecular complexity index is 815. The second-order valence-electron chi connectivity index (χ2n) is 7.30. The molecule has 0 bridgehead atoms. The lowest BCUT2D eigenvalue weighted by molar-refractivity contribution is -0.141. The Morgan fingerprint density at radius 3 is 2.17 bits per heavy atom. The molecule has 0 spiro atoms. The monoisotopic (exact) mass is 395 g/mol. The second kappa shape index (κ2) is 9.45. The second-order valence-corrected chi connectivity index (χ2v) is 7.30. The van der Waals surface area contributed by atoms with Gasteiger partial charge in [0.05, 0.1) is 13.2 Å². The summed E-state index contributed by atoms with van der Waals surface area (Å²) in [5.74, 6) is 0.739. The van der Waals surface area contributed by atoms with E-state index >= 15 is 0 Å². The Morgan fingerprint density at radius 1 is 1.00 bits per heavy atom. The number of benzene rings is 2. The van der Waals surface area contributed by atoms with Gasteiger partial charge in [-0.2, -0.15) is 0 Å². The summed E-state index contributed by atoms with van der Waals surface area (Å²) in [5.41, 5.74) is 2.15. The van der Waals surface area contributed by atoms with Gasteiger partial charge in [-0.1, -0.05) is 30.3 Å². The van der Waals surface area contributed by atoms with E-state index in [1.165, 1.54) is 6.92 Å². The molecular weight excluding hydrogens is 366 g/mol. The molecule has 1 unspecified atom stereocenters. The number of carbonyl (C=O) groups excluding carboxylic acids is 2. The van der Waals surface area contributed by atoms with E-state index in [1.807, 2.05) is 66.4 Å². The van der Waals surface area contributed by atoms with Crippen LogP contribution in [0.1, 0.15) is 25.5 Å². The van der Waals surface area contributed by atoms with E-state index in [9.17, 15) is 9.59 Å². The zero-order valence-corrected chi connectivity index (χ0v) is 17.4. The summed E-state index contributed by atoms with van der Waals surface area (Å²) in [5, 5.41) is 0. The van der Waals surface area contributed by atoms with Gasteiger partial charge in [-0.25, -0.2) is 0 Å². The summed E-state index contributed by atoms with van der Waals surface area (Å²) in [6, 6.07) is 17.6. The number of piperazine rings is 1. The summed E-state index contributed by atoms with van der Waals surface area (Å²) < 4.78 is 5.21. The van der Waals surface area contributed by atoms with E-state index in [2.05, 4.69) is 4.90 Å². The van der Waals surface area contributed by atoms with Crippen molar-refractivity contribution in [1.29, 1.82) is 0 Å². The quantitative estimate of drug-likeness (QED) is 0.755. The first-order valence-corrected chi connectivity index (χ1v) is 9.98. The maximum Gasteiger partial charge on any atom is 0.242 e. The van der Waals surface area contributed by atoms with Crippen molar-refractivity contribution in [3.05, 3.63) is 60.2 Å². The van der Waals surface area contributed by atoms with Crippen molar-refractivity contribution in [2.24, 2.45) is 0 Å². The molecule has 1 aliphatic heterocycles. The largest absolute Gasteiger partial charge is 0.497 e. The Labute approximate surface area is 172 Å². The summed E-state index contributed by atoms with van der Waals surface area (Å²) >= 11 is 0. The molecule has 0 N–H and O–H groups in total. The van der Waals surface area contributed by atoms with Crippen molar-refractivity contribution in [3.63, 3.8) is 0 Å². The number of rotatable bonds is 6. The molecule has 1 heterocycles. The summed E-state index contributed by atoms with van der Waals surface area (Å²) in [6.07, 6.45) is 0. The molecule has 1 atom stereocenters. The molecule has 3 rings (SSSR count). The summed E-state index contributed by atoms with van der Waals surface area (Å²) in [6.45, 7) is 6.43. The van der Waals surface area contributed by atoms with Gasteiger partial charge in [0.1, 0.15) is 12.3 Å². The first kappa shape index (κ1) is 20.7. The highest BCUT2D eigenvalue weighted by molar-refractivity contribution is 5.84. The Hall–Kier alpha value is -3.02.